The number of likely N-dealkylation sites (tertiary alicyclic amines) is 1. The molecule has 192 valence electrons. The van der Waals surface area contributed by atoms with E-state index in [4.69, 9.17) is 14.6 Å². The molecule has 10 nitrogen and oxygen atoms in total. The average Bonchev–Trinajstić information content (AvgIpc) is 3.22. The van der Waals surface area contributed by atoms with Crippen LogP contribution >= 0.6 is 0 Å². The number of nitrogens with one attached hydrogen (secondary N) is 1. The van der Waals surface area contributed by atoms with Crippen LogP contribution in [0.25, 0.3) is 0 Å². The van der Waals surface area contributed by atoms with Crippen molar-refractivity contribution in [3.8, 4) is 0 Å². The van der Waals surface area contributed by atoms with Crippen LogP contribution in [0.2, 0.25) is 0 Å². The summed E-state index contributed by atoms with van der Waals surface area (Å²) in [6.07, 6.45) is -4.88. The SMILES string of the molecule is COC(=O)[C@]1(Cc2ccccc2)N[C@H](CN(C)C(C)=O)[C@@H]2C(=O)N(C)C(=O)[C@@H]21.O=C(O)C(F)(F)F. The van der Waals surface area contributed by atoms with Crippen molar-refractivity contribution in [2.45, 2.75) is 31.1 Å². The molecule has 0 radical (unpaired) electrons. The molecule has 2 aliphatic rings. The lowest BCUT2D eigenvalue weighted by atomic mass is 9.76. The third-order valence-corrected chi connectivity index (χ3v) is 6.10. The average molecular weight is 501 g/mol. The summed E-state index contributed by atoms with van der Waals surface area (Å²) in [7, 11) is 4.32. The van der Waals surface area contributed by atoms with Gasteiger partial charge in [-0.15, -0.1) is 0 Å². The number of hydrogen-bond donors (Lipinski definition) is 2. The lowest BCUT2D eigenvalue weighted by Crippen LogP contribution is -2.59. The second-order valence-corrected chi connectivity index (χ2v) is 8.32. The van der Waals surface area contributed by atoms with Gasteiger partial charge in [-0.05, 0) is 5.56 Å². The van der Waals surface area contributed by atoms with Gasteiger partial charge in [0.25, 0.3) is 0 Å². The first-order chi connectivity index (χ1) is 16.2. The predicted octanol–water partition coefficient (Wildman–Crippen LogP) is 0.455. The molecule has 2 fully saturated rings. The van der Waals surface area contributed by atoms with E-state index < -0.39 is 47.4 Å². The summed E-state index contributed by atoms with van der Waals surface area (Å²) in [6.45, 7) is 1.63. The minimum Gasteiger partial charge on any atom is -0.475 e. The van der Waals surface area contributed by atoms with Crippen LogP contribution in [-0.2, 0) is 35.1 Å². The molecule has 3 rings (SSSR count). The lowest BCUT2D eigenvalue weighted by Gasteiger charge is -2.32. The fraction of sp³-hybridized carbons (Fsp3) is 0.500. The van der Waals surface area contributed by atoms with E-state index in [-0.39, 0.29) is 24.8 Å². The summed E-state index contributed by atoms with van der Waals surface area (Å²) in [5, 5.41) is 10.4. The molecule has 4 atom stereocenters. The summed E-state index contributed by atoms with van der Waals surface area (Å²) < 4.78 is 36.8. The molecular weight excluding hydrogens is 475 g/mol. The van der Waals surface area contributed by atoms with Gasteiger partial charge < -0.3 is 14.7 Å². The molecule has 0 aliphatic carbocycles. The van der Waals surface area contributed by atoms with Gasteiger partial charge in [0.15, 0.2) is 0 Å². The summed E-state index contributed by atoms with van der Waals surface area (Å²) in [5.74, 6) is -5.88. The number of imide groups is 1. The van der Waals surface area contributed by atoms with Crippen LogP contribution in [0.5, 0.6) is 0 Å². The molecular formula is C22H26F3N3O7. The number of likely N-dealkylation sites (N-methyl/N-ethyl adjacent to an activating group) is 1. The van der Waals surface area contributed by atoms with Gasteiger partial charge >= 0.3 is 18.1 Å². The molecule has 2 aliphatic heterocycles. The Balaban J connectivity index is 0.000000540. The number of methoxy groups -OCH3 is 1. The van der Waals surface area contributed by atoms with Gasteiger partial charge in [-0.1, -0.05) is 30.3 Å². The fourth-order valence-corrected chi connectivity index (χ4v) is 4.37. The van der Waals surface area contributed by atoms with E-state index in [0.29, 0.717) is 0 Å². The van der Waals surface area contributed by atoms with E-state index in [9.17, 15) is 32.3 Å². The molecule has 0 spiro atoms. The quantitative estimate of drug-likeness (QED) is 0.439. The van der Waals surface area contributed by atoms with Crippen molar-refractivity contribution in [2.75, 3.05) is 27.7 Å². The molecule has 1 aromatic carbocycles. The molecule has 0 saturated carbocycles. The Morgan fingerprint density at radius 1 is 1.17 bits per heavy atom. The second kappa shape index (κ2) is 10.4. The van der Waals surface area contributed by atoms with Crippen LogP contribution in [0.1, 0.15) is 12.5 Å². The van der Waals surface area contributed by atoms with E-state index in [1.54, 1.807) is 7.05 Å². The fourth-order valence-electron chi connectivity index (χ4n) is 4.37. The minimum atomic E-state index is -5.08. The molecule has 0 unspecified atom stereocenters. The molecule has 3 amide bonds. The van der Waals surface area contributed by atoms with Crippen LogP contribution in [0.4, 0.5) is 13.2 Å². The van der Waals surface area contributed by atoms with Gasteiger partial charge in [0.1, 0.15) is 5.54 Å². The normalized spacial score (nSPS) is 25.5. The van der Waals surface area contributed by atoms with Crippen LogP contribution in [-0.4, -0.2) is 90.1 Å². The Morgan fingerprint density at radius 2 is 1.71 bits per heavy atom. The van der Waals surface area contributed by atoms with Crippen LogP contribution in [0.15, 0.2) is 30.3 Å². The smallest absolute Gasteiger partial charge is 0.475 e. The minimum absolute atomic E-state index is 0.165. The monoisotopic (exact) mass is 501 g/mol. The van der Waals surface area contributed by atoms with Gasteiger partial charge in [-0.3, -0.25) is 29.4 Å². The topological polar surface area (TPSA) is 133 Å². The largest absolute Gasteiger partial charge is 0.490 e. The second-order valence-electron chi connectivity index (χ2n) is 8.32. The Morgan fingerprint density at radius 3 is 2.17 bits per heavy atom. The molecule has 2 saturated heterocycles. The van der Waals surface area contributed by atoms with Gasteiger partial charge in [0, 0.05) is 40.0 Å². The first-order valence-electron chi connectivity index (χ1n) is 10.4. The van der Waals surface area contributed by atoms with Crippen molar-refractivity contribution in [2.24, 2.45) is 11.8 Å². The molecule has 1 aromatic rings. The van der Waals surface area contributed by atoms with Crippen molar-refractivity contribution in [1.82, 2.24) is 15.1 Å². The Labute approximate surface area is 199 Å². The number of carbonyl (C=O) groups excluding carboxylic acids is 4. The highest BCUT2D eigenvalue weighted by Gasteiger charge is 2.67. The predicted molar refractivity (Wildman–Crippen MR) is 114 cm³/mol. The first kappa shape index (κ1) is 27.8. The highest BCUT2D eigenvalue weighted by molar-refractivity contribution is 6.09. The molecule has 13 heteroatoms. The summed E-state index contributed by atoms with van der Waals surface area (Å²) >= 11 is 0. The number of halogens is 3. The zero-order chi connectivity index (χ0) is 26.7. The van der Waals surface area contributed by atoms with Gasteiger partial charge in [0.2, 0.25) is 17.7 Å². The van der Waals surface area contributed by atoms with E-state index >= 15 is 0 Å². The molecule has 2 N–H and O–H groups in total. The van der Waals surface area contributed by atoms with E-state index in [0.717, 1.165) is 10.5 Å². The van der Waals surface area contributed by atoms with Crippen molar-refractivity contribution >= 4 is 29.7 Å². The number of carbonyl (C=O) groups is 5. The summed E-state index contributed by atoms with van der Waals surface area (Å²) in [4.78, 5) is 61.9. The third kappa shape index (κ3) is 5.61. The maximum absolute atomic E-state index is 13.0. The Bertz CT molecular complexity index is 1000. The van der Waals surface area contributed by atoms with Crippen LogP contribution in [0, 0.1) is 11.8 Å². The molecule has 2 heterocycles. The maximum atomic E-state index is 13.0. The number of alkyl halides is 3. The summed E-state index contributed by atoms with van der Waals surface area (Å²) in [5.41, 5.74) is -0.532. The number of fused-ring (bicyclic) bond motifs is 1. The number of amides is 3. The number of hydrogen-bond acceptors (Lipinski definition) is 7. The van der Waals surface area contributed by atoms with Crippen molar-refractivity contribution < 1.29 is 47.0 Å². The highest BCUT2D eigenvalue weighted by atomic mass is 19.4. The number of esters is 1. The number of nitrogens with zero attached hydrogens (tertiary/aromatic N) is 2. The van der Waals surface area contributed by atoms with Gasteiger partial charge in [0.05, 0.1) is 18.9 Å². The van der Waals surface area contributed by atoms with Crippen LogP contribution in [0.3, 0.4) is 0 Å². The molecule has 0 bridgehead atoms. The first-order valence-corrected chi connectivity index (χ1v) is 10.4. The zero-order valence-corrected chi connectivity index (χ0v) is 19.5. The third-order valence-electron chi connectivity index (χ3n) is 6.10. The van der Waals surface area contributed by atoms with E-state index in [2.05, 4.69) is 5.32 Å². The van der Waals surface area contributed by atoms with E-state index in [1.165, 1.54) is 26.0 Å². The summed E-state index contributed by atoms with van der Waals surface area (Å²) in [6, 6.07) is 8.75. The van der Waals surface area contributed by atoms with Crippen molar-refractivity contribution in [1.29, 1.82) is 0 Å². The van der Waals surface area contributed by atoms with Gasteiger partial charge in [-0.25, -0.2) is 4.79 Å². The number of rotatable bonds is 5. The number of carboxylic acid groups (broad SMARTS) is 1. The van der Waals surface area contributed by atoms with E-state index in [1.807, 2.05) is 30.3 Å². The standard InChI is InChI=1S/C20H25N3O5.C2HF3O2/c1-12(24)22(2)11-14-15-16(18(26)23(3)17(15)25)20(21-14,19(27)28-4)10-13-8-6-5-7-9-13;3-2(4,5)1(6)7/h5-9,14-16,21H,10-11H2,1-4H3;(H,6,7)/t14-,15+,16-,20-;/m1./s1. The number of aliphatic carboxylic acids is 1. The maximum Gasteiger partial charge on any atom is 0.490 e. The van der Waals surface area contributed by atoms with Crippen molar-refractivity contribution in [3.05, 3.63) is 35.9 Å². The van der Waals surface area contributed by atoms with Crippen LogP contribution < -0.4 is 5.32 Å². The Kier molecular flexibility index (Phi) is 8.27. The van der Waals surface area contributed by atoms with Crippen molar-refractivity contribution in [3.63, 3.8) is 0 Å². The lowest BCUT2D eigenvalue weighted by molar-refractivity contribution is -0.192. The molecule has 0 aromatic heterocycles. The molecule has 35 heavy (non-hydrogen) atoms. The van der Waals surface area contributed by atoms with Gasteiger partial charge in [-0.2, -0.15) is 13.2 Å². The Hall–Kier alpha value is -3.48. The zero-order valence-electron chi connectivity index (χ0n) is 19.5. The number of benzene rings is 1. The number of ether oxygens (including phenoxy) is 1. The highest BCUT2D eigenvalue weighted by Crippen LogP contribution is 2.44. The number of carboxylic acids is 1.